The molecule has 6 heteroatoms. The molecule has 0 aliphatic heterocycles. The van der Waals surface area contributed by atoms with Gasteiger partial charge < -0.3 is 14.2 Å². The molecular formula is C65H126O6. The van der Waals surface area contributed by atoms with Gasteiger partial charge in [-0.25, -0.2) is 0 Å². The number of carbonyl (C=O) groups is 3. The molecule has 422 valence electrons. The van der Waals surface area contributed by atoms with Crippen molar-refractivity contribution in [3.63, 3.8) is 0 Å². The SMILES string of the molecule is CCC(C)CCCCCCCCCCCCCCCCC(=O)OC[C@@H](COC(=O)CCCCCCCCCCCCC(C)CC)OC(=O)CCCCCCCCCCCCCCCCCCCCC(C)C. The maximum absolute atomic E-state index is 12.9. The molecule has 0 aliphatic rings. The van der Waals surface area contributed by atoms with Crippen LogP contribution in [0, 0.1) is 17.8 Å². The maximum atomic E-state index is 12.9. The second-order valence-corrected chi connectivity index (χ2v) is 23.4. The molecule has 0 amide bonds. The summed E-state index contributed by atoms with van der Waals surface area (Å²) < 4.78 is 17.0. The van der Waals surface area contributed by atoms with E-state index in [1.54, 1.807) is 0 Å². The van der Waals surface area contributed by atoms with Crippen molar-refractivity contribution >= 4 is 17.9 Å². The van der Waals surface area contributed by atoms with Crippen LogP contribution in [0.4, 0.5) is 0 Å². The first-order chi connectivity index (χ1) is 34.7. The third-order valence-corrected chi connectivity index (χ3v) is 15.6. The van der Waals surface area contributed by atoms with E-state index in [1.165, 1.54) is 244 Å². The van der Waals surface area contributed by atoms with Crippen molar-refractivity contribution in [2.75, 3.05) is 13.2 Å². The normalized spacial score (nSPS) is 12.9. The number of ether oxygens (including phenoxy) is 3. The molecule has 0 heterocycles. The van der Waals surface area contributed by atoms with E-state index in [9.17, 15) is 14.4 Å². The van der Waals surface area contributed by atoms with Gasteiger partial charge in [-0.15, -0.1) is 0 Å². The fraction of sp³-hybridized carbons (Fsp3) is 0.954. The predicted molar refractivity (Wildman–Crippen MR) is 307 cm³/mol. The molecule has 0 bridgehead atoms. The van der Waals surface area contributed by atoms with E-state index >= 15 is 0 Å². The fourth-order valence-corrected chi connectivity index (χ4v) is 10.00. The summed E-state index contributed by atoms with van der Waals surface area (Å²) in [6, 6.07) is 0. The maximum Gasteiger partial charge on any atom is 0.306 e. The summed E-state index contributed by atoms with van der Waals surface area (Å²) in [4.78, 5) is 38.3. The highest BCUT2D eigenvalue weighted by molar-refractivity contribution is 5.71. The predicted octanol–water partition coefficient (Wildman–Crippen LogP) is 21.5. The average Bonchev–Trinajstić information content (AvgIpc) is 3.36. The second-order valence-electron chi connectivity index (χ2n) is 23.4. The molecule has 0 aromatic rings. The quantitative estimate of drug-likeness (QED) is 0.0343. The Morgan fingerprint density at radius 1 is 0.282 bits per heavy atom. The fourth-order valence-electron chi connectivity index (χ4n) is 10.00. The molecule has 0 N–H and O–H groups in total. The molecule has 0 saturated carbocycles. The van der Waals surface area contributed by atoms with Crippen LogP contribution in [-0.2, 0) is 28.6 Å². The number of rotatable bonds is 58. The second kappa shape index (κ2) is 56.1. The summed E-state index contributed by atoms with van der Waals surface area (Å²) in [5.41, 5.74) is 0. The van der Waals surface area contributed by atoms with Gasteiger partial charge >= 0.3 is 17.9 Å². The van der Waals surface area contributed by atoms with E-state index in [-0.39, 0.29) is 31.1 Å². The van der Waals surface area contributed by atoms with Gasteiger partial charge in [0.25, 0.3) is 0 Å². The van der Waals surface area contributed by atoms with E-state index in [2.05, 4.69) is 41.5 Å². The smallest absolute Gasteiger partial charge is 0.306 e. The van der Waals surface area contributed by atoms with Crippen molar-refractivity contribution in [3.8, 4) is 0 Å². The molecule has 0 radical (unpaired) electrons. The number of hydrogen-bond acceptors (Lipinski definition) is 6. The summed E-state index contributed by atoms with van der Waals surface area (Å²) >= 11 is 0. The summed E-state index contributed by atoms with van der Waals surface area (Å²) in [5, 5.41) is 0. The van der Waals surface area contributed by atoms with Crippen molar-refractivity contribution in [1.29, 1.82) is 0 Å². The lowest BCUT2D eigenvalue weighted by atomic mass is 9.99. The summed E-state index contributed by atoms with van der Waals surface area (Å²) in [6.07, 6.45) is 60.9. The Labute approximate surface area is 444 Å². The van der Waals surface area contributed by atoms with Crippen LogP contribution < -0.4 is 0 Å². The highest BCUT2D eigenvalue weighted by Crippen LogP contribution is 2.20. The van der Waals surface area contributed by atoms with E-state index in [1.807, 2.05) is 0 Å². The lowest BCUT2D eigenvalue weighted by Gasteiger charge is -2.18. The van der Waals surface area contributed by atoms with Gasteiger partial charge in [0, 0.05) is 19.3 Å². The van der Waals surface area contributed by atoms with E-state index in [0.717, 1.165) is 75.5 Å². The van der Waals surface area contributed by atoms with Crippen LogP contribution in [0.5, 0.6) is 0 Å². The van der Waals surface area contributed by atoms with E-state index in [0.29, 0.717) is 19.3 Å². The Bertz CT molecular complexity index is 1110. The summed E-state index contributed by atoms with van der Waals surface area (Å²) in [6.45, 7) is 13.9. The van der Waals surface area contributed by atoms with Crippen molar-refractivity contribution < 1.29 is 28.6 Å². The van der Waals surface area contributed by atoms with Gasteiger partial charge in [-0.2, -0.15) is 0 Å². The van der Waals surface area contributed by atoms with Crippen molar-refractivity contribution in [2.24, 2.45) is 17.8 Å². The average molecular weight is 1000 g/mol. The first kappa shape index (κ1) is 69.4. The highest BCUT2D eigenvalue weighted by Gasteiger charge is 2.19. The number of esters is 3. The Hall–Kier alpha value is -1.59. The van der Waals surface area contributed by atoms with Gasteiger partial charge in [0.1, 0.15) is 13.2 Å². The largest absolute Gasteiger partial charge is 0.462 e. The lowest BCUT2D eigenvalue weighted by Crippen LogP contribution is -2.30. The van der Waals surface area contributed by atoms with Crippen molar-refractivity contribution in [3.05, 3.63) is 0 Å². The molecule has 6 nitrogen and oxygen atoms in total. The highest BCUT2D eigenvalue weighted by atomic mass is 16.6. The zero-order chi connectivity index (χ0) is 51.9. The summed E-state index contributed by atoms with van der Waals surface area (Å²) in [5.74, 6) is 1.79. The number of hydrogen-bond donors (Lipinski definition) is 0. The number of carbonyl (C=O) groups excluding carboxylic acids is 3. The van der Waals surface area contributed by atoms with Crippen LogP contribution in [-0.4, -0.2) is 37.2 Å². The molecule has 0 aromatic carbocycles. The molecular weight excluding hydrogens is 877 g/mol. The van der Waals surface area contributed by atoms with Gasteiger partial charge in [0.05, 0.1) is 0 Å². The van der Waals surface area contributed by atoms with Gasteiger partial charge in [0.2, 0.25) is 0 Å². The monoisotopic (exact) mass is 1000 g/mol. The molecule has 0 aromatic heterocycles. The lowest BCUT2D eigenvalue weighted by molar-refractivity contribution is -0.167. The zero-order valence-corrected chi connectivity index (χ0v) is 49.0. The third kappa shape index (κ3) is 56.0. The van der Waals surface area contributed by atoms with E-state index in [4.69, 9.17) is 14.2 Å². The molecule has 0 fully saturated rings. The van der Waals surface area contributed by atoms with Gasteiger partial charge in [-0.05, 0) is 37.0 Å². The first-order valence-corrected chi connectivity index (χ1v) is 32.2. The van der Waals surface area contributed by atoms with Crippen LogP contribution in [0.3, 0.4) is 0 Å². The Kier molecular flexibility index (Phi) is 54.9. The van der Waals surface area contributed by atoms with Gasteiger partial charge in [-0.1, -0.05) is 324 Å². The zero-order valence-electron chi connectivity index (χ0n) is 49.0. The minimum absolute atomic E-state index is 0.0628. The van der Waals surface area contributed by atoms with Crippen LogP contribution in [0.1, 0.15) is 363 Å². The van der Waals surface area contributed by atoms with Crippen LogP contribution >= 0.6 is 0 Å². The molecule has 0 spiro atoms. The van der Waals surface area contributed by atoms with Crippen LogP contribution in [0.25, 0.3) is 0 Å². The molecule has 3 atom stereocenters. The minimum atomic E-state index is -0.765. The van der Waals surface area contributed by atoms with Gasteiger partial charge in [0.15, 0.2) is 6.10 Å². The van der Waals surface area contributed by atoms with Crippen LogP contribution in [0.2, 0.25) is 0 Å². The molecule has 2 unspecified atom stereocenters. The molecule has 0 aliphatic carbocycles. The van der Waals surface area contributed by atoms with Crippen molar-refractivity contribution in [1.82, 2.24) is 0 Å². The standard InChI is InChI=1S/C65H126O6/c1-7-60(5)52-46-40-34-28-22-18-15-16-19-23-30-36-42-48-54-63(66)69-57-62(58-70-64(67)55-49-43-37-31-26-25-29-35-41-47-53-61(6)8-2)71-65(68)56-50-44-38-32-24-20-14-12-10-9-11-13-17-21-27-33-39-45-51-59(3)4/h59-62H,7-58H2,1-6H3/t60?,61?,62-/m0/s1. The molecule has 71 heavy (non-hydrogen) atoms. The summed E-state index contributed by atoms with van der Waals surface area (Å²) in [7, 11) is 0. The van der Waals surface area contributed by atoms with Crippen LogP contribution in [0.15, 0.2) is 0 Å². The van der Waals surface area contributed by atoms with Crippen molar-refractivity contribution in [2.45, 2.75) is 369 Å². The Balaban J connectivity index is 4.28. The third-order valence-electron chi connectivity index (χ3n) is 15.6. The minimum Gasteiger partial charge on any atom is -0.462 e. The topological polar surface area (TPSA) is 78.9 Å². The Morgan fingerprint density at radius 3 is 0.732 bits per heavy atom. The molecule has 0 rings (SSSR count). The Morgan fingerprint density at radius 2 is 0.493 bits per heavy atom. The van der Waals surface area contributed by atoms with Gasteiger partial charge in [-0.3, -0.25) is 14.4 Å². The van der Waals surface area contributed by atoms with E-state index < -0.39 is 6.10 Å². The number of unbranched alkanes of at least 4 members (excludes halogenated alkanes) is 39. The molecule has 0 saturated heterocycles. The first-order valence-electron chi connectivity index (χ1n) is 32.2.